The zero-order chi connectivity index (χ0) is 18.9. The Hall–Kier alpha value is -2.30. The van der Waals surface area contributed by atoms with Crippen LogP contribution in [0.25, 0.3) is 0 Å². The number of carbonyl (C=O) groups is 2. The van der Waals surface area contributed by atoms with Crippen LogP contribution in [0, 0.1) is 5.92 Å². The van der Waals surface area contributed by atoms with Gasteiger partial charge in [0.25, 0.3) is 0 Å². The first-order valence-corrected chi connectivity index (χ1v) is 10.3. The third-order valence-corrected chi connectivity index (χ3v) is 5.46. The van der Waals surface area contributed by atoms with E-state index in [2.05, 4.69) is 28.8 Å². The molecule has 1 unspecified atom stereocenters. The lowest BCUT2D eigenvalue weighted by atomic mass is 9.85. The third-order valence-electron chi connectivity index (χ3n) is 5.46. The normalized spacial score (nSPS) is 19.0. The van der Waals surface area contributed by atoms with E-state index in [0.29, 0.717) is 25.4 Å². The van der Waals surface area contributed by atoms with Gasteiger partial charge in [-0.05, 0) is 56.4 Å². The van der Waals surface area contributed by atoms with Crippen LogP contribution in [0.15, 0.2) is 42.1 Å². The number of nitrogens with zero attached hydrogens (tertiary/aromatic N) is 1. The topological polar surface area (TPSA) is 61.4 Å². The van der Waals surface area contributed by atoms with E-state index in [0.717, 1.165) is 32.2 Å². The maximum Gasteiger partial charge on any atom is 0.321 e. The summed E-state index contributed by atoms with van der Waals surface area (Å²) in [5.74, 6) is 0.544. The number of allylic oxidation sites excluding steroid dienone is 2. The lowest BCUT2D eigenvalue weighted by molar-refractivity contribution is -0.120. The fourth-order valence-electron chi connectivity index (χ4n) is 4.03. The van der Waals surface area contributed by atoms with E-state index < -0.39 is 0 Å². The number of piperidine rings is 1. The molecule has 0 saturated carbocycles. The minimum atomic E-state index is -0.0512. The van der Waals surface area contributed by atoms with Crippen LogP contribution in [0.3, 0.4) is 0 Å². The molecule has 0 radical (unpaired) electrons. The average molecular weight is 370 g/mol. The number of urea groups is 1. The molecule has 0 bridgehead atoms. The molecule has 146 valence electrons. The summed E-state index contributed by atoms with van der Waals surface area (Å²) in [6.07, 6.45) is 10.2. The Bertz CT molecular complexity index is 657. The van der Waals surface area contributed by atoms with Crippen molar-refractivity contribution in [3.05, 3.63) is 47.7 Å². The van der Waals surface area contributed by atoms with Gasteiger partial charge in [-0.25, -0.2) is 4.79 Å². The Labute approximate surface area is 162 Å². The van der Waals surface area contributed by atoms with Gasteiger partial charge in [0, 0.05) is 31.8 Å². The Kier molecular flexibility index (Phi) is 7.31. The second kappa shape index (κ2) is 10.1. The summed E-state index contributed by atoms with van der Waals surface area (Å²) >= 11 is 0. The Morgan fingerprint density at radius 1 is 1.04 bits per heavy atom. The van der Waals surface area contributed by atoms with Gasteiger partial charge in [-0.1, -0.05) is 36.4 Å². The van der Waals surface area contributed by atoms with Gasteiger partial charge >= 0.3 is 6.03 Å². The highest BCUT2D eigenvalue weighted by molar-refractivity contribution is 5.79. The number of hydrogen-bond acceptors (Lipinski definition) is 2. The molecule has 5 nitrogen and oxygen atoms in total. The van der Waals surface area contributed by atoms with Gasteiger partial charge in [0.2, 0.25) is 5.91 Å². The predicted octanol–water partition coefficient (Wildman–Crippen LogP) is 3.61. The lowest BCUT2D eigenvalue weighted by Crippen LogP contribution is -2.45. The summed E-state index contributed by atoms with van der Waals surface area (Å²) in [5, 5.41) is 5.85. The summed E-state index contributed by atoms with van der Waals surface area (Å²) in [4.78, 5) is 26.3. The van der Waals surface area contributed by atoms with Crippen LogP contribution >= 0.6 is 0 Å². The highest BCUT2D eigenvalue weighted by Gasteiger charge is 2.30. The molecule has 1 aromatic carbocycles. The van der Waals surface area contributed by atoms with E-state index in [9.17, 15) is 9.59 Å². The van der Waals surface area contributed by atoms with Crippen LogP contribution in [-0.4, -0.2) is 36.5 Å². The summed E-state index contributed by atoms with van der Waals surface area (Å²) < 4.78 is 0. The van der Waals surface area contributed by atoms with Crippen molar-refractivity contribution in [3.8, 4) is 0 Å². The fourth-order valence-corrected chi connectivity index (χ4v) is 4.03. The van der Waals surface area contributed by atoms with Crippen molar-refractivity contribution >= 4 is 11.9 Å². The van der Waals surface area contributed by atoms with E-state index in [4.69, 9.17) is 0 Å². The molecule has 1 aromatic rings. The van der Waals surface area contributed by atoms with Gasteiger partial charge in [-0.3, -0.25) is 9.69 Å². The maximum absolute atomic E-state index is 12.5. The lowest BCUT2D eigenvalue weighted by Gasteiger charge is -2.37. The monoisotopic (exact) mass is 369 g/mol. The van der Waals surface area contributed by atoms with Crippen molar-refractivity contribution in [2.24, 2.45) is 5.92 Å². The molecule has 1 aliphatic carbocycles. The predicted molar refractivity (Wildman–Crippen MR) is 107 cm³/mol. The standard InChI is InChI=1S/C22H31N3O2/c26-21(23-15-6-10-18-8-2-1-3-9-18)14-16-24-22(27)25-17-7-12-19-11-4-5-13-20(19)25/h1-3,8-9,13,19H,4-7,10-12,14-17H2,(H,23,26)(H,24,27). The molecular weight excluding hydrogens is 338 g/mol. The van der Waals surface area contributed by atoms with Gasteiger partial charge < -0.3 is 10.6 Å². The van der Waals surface area contributed by atoms with Crippen LogP contribution in [0.5, 0.6) is 0 Å². The molecular formula is C22H31N3O2. The number of nitrogens with one attached hydrogen (secondary N) is 2. The molecule has 1 fully saturated rings. The van der Waals surface area contributed by atoms with E-state index >= 15 is 0 Å². The molecule has 1 aliphatic heterocycles. The number of carbonyl (C=O) groups excluding carboxylic acids is 2. The first-order chi connectivity index (χ1) is 13.2. The Morgan fingerprint density at radius 3 is 2.70 bits per heavy atom. The Morgan fingerprint density at radius 2 is 1.85 bits per heavy atom. The highest BCUT2D eigenvalue weighted by atomic mass is 16.2. The van der Waals surface area contributed by atoms with Gasteiger partial charge in [-0.2, -0.15) is 0 Å². The first-order valence-electron chi connectivity index (χ1n) is 10.3. The van der Waals surface area contributed by atoms with Crippen LogP contribution < -0.4 is 10.6 Å². The largest absolute Gasteiger partial charge is 0.356 e. The molecule has 0 aromatic heterocycles. The van der Waals surface area contributed by atoms with Gasteiger partial charge in [0.1, 0.15) is 0 Å². The zero-order valence-electron chi connectivity index (χ0n) is 16.1. The van der Waals surface area contributed by atoms with Gasteiger partial charge in [0.05, 0.1) is 0 Å². The van der Waals surface area contributed by atoms with E-state index in [1.165, 1.54) is 30.5 Å². The summed E-state index contributed by atoms with van der Waals surface area (Å²) in [6, 6.07) is 10.2. The molecule has 2 aliphatic rings. The summed E-state index contributed by atoms with van der Waals surface area (Å²) in [5.41, 5.74) is 2.49. The molecule has 27 heavy (non-hydrogen) atoms. The molecule has 3 rings (SSSR count). The summed E-state index contributed by atoms with van der Waals surface area (Å²) in [7, 11) is 0. The first kappa shape index (κ1) is 19.5. The molecule has 3 amide bonds. The van der Waals surface area contributed by atoms with Crippen molar-refractivity contribution < 1.29 is 9.59 Å². The number of hydrogen-bond donors (Lipinski definition) is 2. The summed E-state index contributed by atoms with van der Waals surface area (Å²) in [6.45, 7) is 1.85. The van der Waals surface area contributed by atoms with Gasteiger partial charge in [0.15, 0.2) is 0 Å². The second-order valence-electron chi connectivity index (χ2n) is 7.47. The van der Waals surface area contributed by atoms with Crippen molar-refractivity contribution in [2.45, 2.75) is 51.4 Å². The van der Waals surface area contributed by atoms with Crippen LogP contribution in [-0.2, 0) is 11.2 Å². The number of benzene rings is 1. The quantitative estimate of drug-likeness (QED) is 0.721. The fraction of sp³-hybridized carbons (Fsp3) is 0.545. The number of aryl methyl sites for hydroxylation is 1. The minimum Gasteiger partial charge on any atom is -0.356 e. The van der Waals surface area contributed by atoms with Crippen LogP contribution in [0.2, 0.25) is 0 Å². The zero-order valence-corrected chi connectivity index (χ0v) is 16.1. The van der Waals surface area contributed by atoms with Crippen molar-refractivity contribution in [3.63, 3.8) is 0 Å². The highest BCUT2D eigenvalue weighted by Crippen LogP contribution is 2.34. The number of fused-ring (bicyclic) bond motifs is 1. The van der Waals surface area contributed by atoms with E-state index in [-0.39, 0.29) is 11.9 Å². The molecule has 1 heterocycles. The van der Waals surface area contributed by atoms with Crippen LogP contribution in [0.4, 0.5) is 4.79 Å². The van der Waals surface area contributed by atoms with Crippen molar-refractivity contribution in [1.29, 1.82) is 0 Å². The average Bonchev–Trinajstić information content (AvgIpc) is 2.71. The molecule has 5 heteroatoms. The van der Waals surface area contributed by atoms with Crippen molar-refractivity contribution in [2.75, 3.05) is 19.6 Å². The molecule has 1 saturated heterocycles. The second-order valence-corrected chi connectivity index (χ2v) is 7.47. The number of likely N-dealkylation sites (tertiary alicyclic amines) is 1. The third kappa shape index (κ3) is 5.84. The van der Waals surface area contributed by atoms with E-state index in [1.807, 2.05) is 23.1 Å². The van der Waals surface area contributed by atoms with Crippen molar-refractivity contribution in [1.82, 2.24) is 15.5 Å². The maximum atomic E-state index is 12.5. The number of rotatable bonds is 7. The van der Waals surface area contributed by atoms with Crippen LogP contribution in [0.1, 0.15) is 50.5 Å². The molecule has 0 spiro atoms. The smallest absolute Gasteiger partial charge is 0.321 e. The Balaban J connectivity index is 1.31. The SMILES string of the molecule is O=C(CCNC(=O)N1CCCC2CCCC=C21)NCCCc1ccccc1. The molecule has 2 N–H and O–H groups in total. The van der Waals surface area contributed by atoms with E-state index in [1.54, 1.807) is 0 Å². The number of amides is 3. The van der Waals surface area contributed by atoms with Gasteiger partial charge in [-0.15, -0.1) is 0 Å². The molecule has 1 atom stereocenters. The minimum absolute atomic E-state index is 0.00300.